The van der Waals surface area contributed by atoms with Crippen LogP contribution in [-0.2, 0) is 7.05 Å². The van der Waals surface area contributed by atoms with E-state index in [1.807, 2.05) is 11.8 Å². The predicted octanol–water partition coefficient (Wildman–Crippen LogP) is 3.04. The SMILES string of the molecule is Cn1nnnc1NC(=O)c1ccc(Cl)c(OCCSC2CC2)c1Cl. The smallest absolute Gasteiger partial charge is 0.259 e. The van der Waals surface area contributed by atoms with E-state index in [1.54, 1.807) is 13.1 Å². The summed E-state index contributed by atoms with van der Waals surface area (Å²) < 4.78 is 7.03. The Morgan fingerprint density at radius 3 is 2.92 bits per heavy atom. The molecule has 128 valence electrons. The summed E-state index contributed by atoms with van der Waals surface area (Å²) in [5, 5.41) is 14.7. The van der Waals surface area contributed by atoms with Crippen molar-refractivity contribution in [3.8, 4) is 5.75 Å². The molecule has 10 heteroatoms. The fraction of sp³-hybridized carbons (Fsp3) is 0.429. The Kier molecular flexibility index (Phi) is 5.47. The van der Waals surface area contributed by atoms with Gasteiger partial charge in [0.25, 0.3) is 5.91 Å². The molecule has 1 saturated carbocycles. The van der Waals surface area contributed by atoms with Crippen molar-refractivity contribution in [3.05, 3.63) is 27.7 Å². The molecule has 0 bridgehead atoms. The van der Waals surface area contributed by atoms with Gasteiger partial charge in [0.2, 0.25) is 5.95 Å². The number of amides is 1. The third kappa shape index (κ3) is 4.12. The Labute approximate surface area is 153 Å². The number of thioether (sulfide) groups is 1. The van der Waals surface area contributed by atoms with Crippen molar-refractivity contribution in [1.29, 1.82) is 0 Å². The van der Waals surface area contributed by atoms with E-state index in [0.717, 1.165) is 11.0 Å². The number of anilines is 1. The van der Waals surface area contributed by atoms with E-state index in [1.165, 1.54) is 23.6 Å². The maximum absolute atomic E-state index is 12.4. The molecular weight excluding hydrogens is 373 g/mol. The second kappa shape index (κ2) is 7.58. The van der Waals surface area contributed by atoms with Crippen molar-refractivity contribution < 1.29 is 9.53 Å². The predicted molar refractivity (Wildman–Crippen MR) is 94.2 cm³/mol. The molecule has 0 atom stereocenters. The van der Waals surface area contributed by atoms with E-state index in [2.05, 4.69) is 20.8 Å². The van der Waals surface area contributed by atoms with Gasteiger partial charge in [-0.2, -0.15) is 11.8 Å². The first-order valence-corrected chi connectivity index (χ1v) is 9.13. The fourth-order valence-corrected chi connectivity index (χ4v) is 3.49. The second-order valence-electron chi connectivity index (χ2n) is 5.24. The number of rotatable bonds is 7. The molecule has 2 aromatic rings. The van der Waals surface area contributed by atoms with Crippen LogP contribution in [0.2, 0.25) is 10.0 Å². The number of benzene rings is 1. The normalized spacial score (nSPS) is 13.8. The molecule has 1 heterocycles. The lowest BCUT2D eigenvalue weighted by atomic mass is 10.2. The van der Waals surface area contributed by atoms with Crippen LogP contribution in [-0.4, -0.2) is 43.7 Å². The standard InChI is InChI=1S/C14H15Cl2N5O2S/c1-21-14(18-19-20-21)17-13(22)9-4-5-10(15)12(11(9)16)23-6-7-24-8-2-3-8/h4-5,8H,2-3,6-7H2,1H3,(H,17,18,20,22). The monoisotopic (exact) mass is 387 g/mol. The summed E-state index contributed by atoms with van der Waals surface area (Å²) in [6, 6.07) is 3.12. The van der Waals surface area contributed by atoms with Crippen molar-refractivity contribution in [2.45, 2.75) is 18.1 Å². The Balaban J connectivity index is 1.69. The van der Waals surface area contributed by atoms with E-state index in [4.69, 9.17) is 27.9 Å². The molecule has 1 amide bonds. The number of aryl methyl sites for hydroxylation is 1. The molecule has 1 aliphatic rings. The lowest BCUT2D eigenvalue weighted by Crippen LogP contribution is -2.16. The third-order valence-electron chi connectivity index (χ3n) is 3.35. The van der Waals surface area contributed by atoms with Crippen molar-refractivity contribution in [3.63, 3.8) is 0 Å². The first-order valence-electron chi connectivity index (χ1n) is 7.32. The summed E-state index contributed by atoms with van der Waals surface area (Å²) in [7, 11) is 1.62. The zero-order chi connectivity index (χ0) is 17.1. The van der Waals surface area contributed by atoms with Crippen LogP contribution in [0.5, 0.6) is 5.75 Å². The number of hydrogen-bond acceptors (Lipinski definition) is 6. The van der Waals surface area contributed by atoms with Gasteiger partial charge in [0.05, 0.1) is 22.2 Å². The fourth-order valence-electron chi connectivity index (χ4n) is 1.94. The van der Waals surface area contributed by atoms with Crippen LogP contribution in [0.1, 0.15) is 23.2 Å². The van der Waals surface area contributed by atoms with Gasteiger partial charge in [-0.05, 0) is 35.4 Å². The lowest BCUT2D eigenvalue weighted by Gasteiger charge is -2.12. The van der Waals surface area contributed by atoms with Crippen LogP contribution in [0.25, 0.3) is 0 Å². The number of aromatic nitrogens is 4. The van der Waals surface area contributed by atoms with Crippen LogP contribution >= 0.6 is 35.0 Å². The Morgan fingerprint density at radius 1 is 1.46 bits per heavy atom. The summed E-state index contributed by atoms with van der Waals surface area (Å²) in [5.41, 5.74) is 0.244. The minimum Gasteiger partial charge on any atom is -0.490 e. The number of hydrogen-bond donors (Lipinski definition) is 1. The van der Waals surface area contributed by atoms with Gasteiger partial charge in [-0.3, -0.25) is 10.1 Å². The molecule has 1 aromatic heterocycles. The first kappa shape index (κ1) is 17.3. The van der Waals surface area contributed by atoms with Crippen LogP contribution in [0.15, 0.2) is 12.1 Å². The first-order chi connectivity index (χ1) is 11.6. The number of carbonyl (C=O) groups is 1. The number of nitrogens with one attached hydrogen (secondary N) is 1. The Bertz CT molecular complexity index is 751. The molecular formula is C14H15Cl2N5O2S. The summed E-state index contributed by atoms with van der Waals surface area (Å²) in [6.07, 6.45) is 2.55. The quantitative estimate of drug-likeness (QED) is 0.735. The van der Waals surface area contributed by atoms with Crippen LogP contribution in [0.3, 0.4) is 0 Å². The Morgan fingerprint density at radius 2 is 2.25 bits per heavy atom. The van der Waals surface area contributed by atoms with E-state index < -0.39 is 5.91 Å². The molecule has 3 rings (SSSR count). The molecule has 1 aromatic carbocycles. The maximum atomic E-state index is 12.4. The van der Waals surface area contributed by atoms with Gasteiger partial charge in [-0.1, -0.05) is 28.3 Å². The van der Waals surface area contributed by atoms with Gasteiger partial charge in [-0.15, -0.1) is 0 Å². The van der Waals surface area contributed by atoms with Crippen molar-refractivity contribution in [1.82, 2.24) is 20.2 Å². The summed E-state index contributed by atoms with van der Waals surface area (Å²) in [6.45, 7) is 0.485. The minimum atomic E-state index is -0.438. The van der Waals surface area contributed by atoms with Gasteiger partial charge in [0, 0.05) is 18.1 Å². The summed E-state index contributed by atoms with van der Waals surface area (Å²) in [4.78, 5) is 12.4. The van der Waals surface area contributed by atoms with Gasteiger partial charge < -0.3 is 4.74 Å². The van der Waals surface area contributed by atoms with Gasteiger partial charge in [0.1, 0.15) is 0 Å². The lowest BCUT2D eigenvalue weighted by molar-refractivity contribution is 0.102. The maximum Gasteiger partial charge on any atom is 0.259 e. The highest BCUT2D eigenvalue weighted by Gasteiger charge is 2.22. The highest BCUT2D eigenvalue weighted by molar-refractivity contribution is 8.00. The molecule has 1 fully saturated rings. The van der Waals surface area contributed by atoms with E-state index in [9.17, 15) is 4.79 Å². The zero-order valence-electron chi connectivity index (χ0n) is 12.8. The Hall–Kier alpha value is -1.51. The molecule has 0 aliphatic heterocycles. The van der Waals surface area contributed by atoms with Gasteiger partial charge in [-0.25, -0.2) is 4.68 Å². The zero-order valence-corrected chi connectivity index (χ0v) is 15.2. The highest BCUT2D eigenvalue weighted by atomic mass is 35.5. The number of nitrogens with zero attached hydrogens (tertiary/aromatic N) is 4. The highest BCUT2D eigenvalue weighted by Crippen LogP contribution is 2.37. The topological polar surface area (TPSA) is 81.9 Å². The van der Waals surface area contributed by atoms with Gasteiger partial charge in [0.15, 0.2) is 5.75 Å². The molecule has 24 heavy (non-hydrogen) atoms. The van der Waals surface area contributed by atoms with Gasteiger partial charge >= 0.3 is 0 Å². The average Bonchev–Trinajstić information content (AvgIpc) is 3.29. The number of tetrazole rings is 1. The van der Waals surface area contributed by atoms with Crippen LogP contribution in [0, 0.1) is 0 Å². The molecule has 1 N–H and O–H groups in total. The number of carbonyl (C=O) groups excluding carboxylic acids is 1. The summed E-state index contributed by atoms with van der Waals surface area (Å²) >= 11 is 14.3. The second-order valence-corrected chi connectivity index (χ2v) is 7.43. The van der Waals surface area contributed by atoms with Crippen LogP contribution < -0.4 is 10.1 Å². The van der Waals surface area contributed by atoms with Crippen LogP contribution in [0.4, 0.5) is 5.95 Å². The molecule has 7 nitrogen and oxygen atoms in total. The van der Waals surface area contributed by atoms with E-state index in [0.29, 0.717) is 17.4 Å². The molecule has 0 spiro atoms. The number of ether oxygens (including phenoxy) is 1. The molecule has 0 radical (unpaired) electrons. The average molecular weight is 388 g/mol. The van der Waals surface area contributed by atoms with Crippen molar-refractivity contribution in [2.75, 3.05) is 17.7 Å². The molecule has 0 unspecified atom stereocenters. The molecule has 0 saturated heterocycles. The third-order valence-corrected chi connectivity index (χ3v) is 5.36. The summed E-state index contributed by atoms with van der Waals surface area (Å²) in [5.74, 6) is 0.956. The largest absolute Gasteiger partial charge is 0.490 e. The minimum absolute atomic E-state index is 0.173. The number of halogens is 2. The van der Waals surface area contributed by atoms with Crippen molar-refractivity contribution in [2.24, 2.45) is 7.05 Å². The van der Waals surface area contributed by atoms with E-state index >= 15 is 0 Å². The van der Waals surface area contributed by atoms with E-state index in [-0.39, 0.29) is 16.5 Å². The molecule has 1 aliphatic carbocycles. The van der Waals surface area contributed by atoms with Crippen molar-refractivity contribution >= 4 is 46.8 Å².